The van der Waals surface area contributed by atoms with Gasteiger partial charge in [0.1, 0.15) is 0 Å². The van der Waals surface area contributed by atoms with Crippen LogP contribution >= 0.6 is 0 Å². The van der Waals surface area contributed by atoms with Crippen molar-refractivity contribution in [2.24, 2.45) is 5.92 Å². The van der Waals surface area contributed by atoms with Gasteiger partial charge in [0.2, 0.25) is 0 Å². The summed E-state index contributed by atoms with van der Waals surface area (Å²) in [5.41, 5.74) is 7.80. The SMILES string of the molecule is CC(C)Cc1cc[c-]c(-c2cc(-c3ccccc3)ccn2)c1.[Ir].[c-]1ccccc1-c1ccccn1. The monoisotopic (exact) mass is 633 g/mol. The Kier molecular flexibility index (Phi) is 10.1. The second-order valence-corrected chi connectivity index (χ2v) is 8.50. The molecule has 0 aliphatic carbocycles. The molecule has 0 atom stereocenters. The maximum Gasteiger partial charge on any atom is 0.0166 e. The van der Waals surface area contributed by atoms with Gasteiger partial charge in [0.05, 0.1) is 0 Å². The summed E-state index contributed by atoms with van der Waals surface area (Å²) in [4.78, 5) is 8.74. The summed E-state index contributed by atoms with van der Waals surface area (Å²) in [6, 6.07) is 41.1. The Morgan fingerprint density at radius 3 is 2.09 bits per heavy atom. The molecule has 0 amide bonds. The van der Waals surface area contributed by atoms with Crippen molar-refractivity contribution in [1.29, 1.82) is 0 Å². The van der Waals surface area contributed by atoms with Gasteiger partial charge in [-0.25, -0.2) is 0 Å². The van der Waals surface area contributed by atoms with Gasteiger partial charge in [0.25, 0.3) is 0 Å². The number of pyridine rings is 2. The Morgan fingerprint density at radius 2 is 1.37 bits per heavy atom. The molecule has 3 heteroatoms. The van der Waals surface area contributed by atoms with E-state index < -0.39 is 0 Å². The molecule has 0 N–H and O–H groups in total. The van der Waals surface area contributed by atoms with E-state index in [1.807, 2.05) is 60.8 Å². The van der Waals surface area contributed by atoms with Crippen LogP contribution in [0, 0.1) is 18.1 Å². The smallest absolute Gasteiger partial charge is 0.0166 e. The molecule has 3 aromatic carbocycles. The molecule has 0 spiro atoms. The van der Waals surface area contributed by atoms with Crippen molar-refractivity contribution in [2.75, 3.05) is 0 Å². The first-order valence-corrected chi connectivity index (χ1v) is 11.6. The van der Waals surface area contributed by atoms with Crippen LogP contribution in [0.15, 0.2) is 116 Å². The van der Waals surface area contributed by atoms with Crippen LogP contribution in [-0.4, -0.2) is 9.97 Å². The van der Waals surface area contributed by atoms with E-state index in [1.165, 1.54) is 16.7 Å². The normalized spacial score (nSPS) is 10.1. The molecular formula is C32H28IrN2-2. The van der Waals surface area contributed by atoms with Gasteiger partial charge in [0, 0.05) is 32.5 Å². The van der Waals surface area contributed by atoms with E-state index in [0.29, 0.717) is 5.92 Å². The van der Waals surface area contributed by atoms with Gasteiger partial charge in [-0.15, -0.1) is 71.3 Å². The standard InChI is InChI=1S/C21H20N.C11H8N.Ir/c1-16(2)13-17-7-6-10-20(14-17)21-15-19(11-12-22-21)18-8-4-3-5-9-18;1-2-6-10(7-3-1)11-8-4-5-9-12-11;/h3-9,11-12,14-16H,13H2,1-2H3;1-6,8-9H;/q2*-1;. The van der Waals surface area contributed by atoms with Crippen molar-refractivity contribution >= 4 is 0 Å². The molecular weight excluding hydrogens is 605 g/mol. The Morgan fingerprint density at radius 1 is 0.629 bits per heavy atom. The molecule has 0 unspecified atom stereocenters. The summed E-state index contributed by atoms with van der Waals surface area (Å²) in [6.07, 6.45) is 4.75. The Balaban J connectivity index is 0.000000223. The maximum absolute atomic E-state index is 4.52. The van der Waals surface area contributed by atoms with Crippen molar-refractivity contribution in [3.05, 3.63) is 133 Å². The molecule has 0 aliphatic rings. The number of nitrogens with zero attached hydrogens (tertiary/aromatic N) is 2. The first kappa shape index (κ1) is 26.2. The maximum atomic E-state index is 4.52. The van der Waals surface area contributed by atoms with E-state index in [9.17, 15) is 0 Å². The molecule has 0 saturated heterocycles. The molecule has 0 saturated carbocycles. The Hall–Kier alpha value is -3.39. The summed E-state index contributed by atoms with van der Waals surface area (Å²) in [5.74, 6) is 0.652. The average molecular weight is 633 g/mol. The average Bonchev–Trinajstić information content (AvgIpc) is 2.90. The minimum absolute atomic E-state index is 0. The third kappa shape index (κ3) is 7.82. The fraction of sp³-hybridized carbons (Fsp3) is 0.125. The van der Waals surface area contributed by atoms with Gasteiger partial charge < -0.3 is 9.97 Å². The fourth-order valence-electron chi connectivity index (χ4n) is 3.72. The number of aromatic nitrogens is 2. The molecule has 35 heavy (non-hydrogen) atoms. The summed E-state index contributed by atoms with van der Waals surface area (Å²) >= 11 is 0. The van der Waals surface area contributed by atoms with Crippen molar-refractivity contribution in [3.8, 4) is 33.6 Å². The Bertz CT molecular complexity index is 1250. The topological polar surface area (TPSA) is 25.8 Å². The van der Waals surface area contributed by atoms with Gasteiger partial charge in [0.15, 0.2) is 0 Å². The molecule has 0 fully saturated rings. The van der Waals surface area contributed by atoms with E-state index in [1.54, 1.807) is 6.20 Å². The first-order valence-electron chi connectivity index (χ1n) is 11.6. The predicted molar refractivity (Wildman–Crippen MR) is 141 cm³/mol. The van der Waals surface area contributed by atoms with E-state index >= 15 is 0 Å². The zero-order valence-corrected chi connectivity index (χ0v) is 22.4. The van der Waals surface area contributed by atoms with Crippen molar-refractivity contribution in [1.82, 2.24) is 9.97 Å². The minimum atomic E-state index is 0. The quantitative estimate of drug-likeness (QED) is 0.184. The molecule has 5 rings (SSSR count). The van der Waals surface area contributed by atoms with Crippen molar-refractivity contribution in [3.63, 3.8) is 0 Å². The molecule has 177 valence electrons. The molecule has 0 aliphatic heterocycles. The van der Waals surface area contributed by atoms with Gasteiger partial charge in [-0.05, 0) is 47.0 Å². The zero-order chi connectivity index (χ0) is 23.6. The molecule has 5 aromatic rings. The van der Waals surface area contributed by atoms with Crippen LogP contribution < -0.4 is 0 Å². The van der Waals surface area contributed by atoms with E-state index in [0.717, 1.165) is 28.9 Å². The summed E-state index contributed by atoms with van der Waals surface area (Å²) in [7, 11) is 0. The van der Waals surface area contributed by atoms with Gasteiger partial charge in [-0.2, -0.15) is 0 Å². The largest absolute Gasteiger partial charge is 0.305 e. The van der Waals surface area contributed by atoms with E-state index in [-0.39, 0.29) is 20.1 Å². The van der Waals surface area contributed by atoms with Crippen LogP contribution in [0.25, 0.3) is 33.6 Å². The number of hydrogen-bond donors (Lipinski definition) is 0. The number of hydrogen-bond acceptors (Lipinski definition) is 2. The number of rotatable bonds is 5. The molecule has 2 heterocycles. The molecule has 1 radical (unpaired) electrons. The third-order valence-electron chi connectivity index (χ3n) is 5.30. The minimum Gasteiger partial charge on any atom is -0.305 e. The third-order valence-corrected chi connectivity index (χ3v) is 5.30. The summed E-state index contributed by atoms with van der Waals surface area (Å²) in [6.45, 7) is 4.48. The van der Waals surface area contributed by atoms with Crippen LogP contribution in [-0.2, 0) is 26.5 Å². The zero-order valence-electron chi connectivity index (χ0n) is 20.0. The van der Waals surface area contributed by atoms with E-state index in [2.05, 4.69) is 84.5 Å². The predicted octanol–water partition coefficient (Wildman–Crippen LogP) is 7.96. The van der Waals surface area contributed by atoms with Crippen molar-refractivity contribution < 1.29 is 20.1 Å². The fourth-order valence-corrected chi connectivity index (χ4v) is 3.72. The summed E-state index contributed by atoms with van der Waals surface area (Å²) in [5, 5.41) is 0. The van der Waals surface area contributed by atoms with Crippen LogP contribution in [0.5, 0.6) is 0 Å². The van der Waals surface area contributed by atoms with Crippen molar-refractivity contribution in [2.45, 2.75) is 20.3 Å². The second kappa shape index (κ2) is 13.5. The van der Waals surface area contributed by atoms with E-state index in [4.69, 9.17) is 0 Å². The van der Waals surface area contributed by atoms with Crippen LogP contribution in [0.1, 0.15) is 19.4 Å². The number of benzene rings is 3. The van der Waals surface area contributed by atoms with Crippen LogP contribution in [0.2, 0.25) is 0 Å². The molecule has 2 aromatic heterocycles. The van der Waals surface area contributed by atoms with Gasteiger partial charge in [-0.1, -0.05) is 62.4 Å². The Labute approximate surface area is 222 Å². The first-order chi connectivity index (χ1) is 16.7. The van der Waals surface area contributed by atoms with Crippen LogP contribution in [0.4, 0.5) is 0 Å². The van der Waals surface area contributed by atoms with Gasteiger partial charge in [-0.3, -0.25) is 0 Å². The molecule has 0 bridgehead atoms. The van der Waals surface area contributed by atoms with Gasteiger partial charge >= 0.3 is 0 Å². The molecule has 2 nitrogen and oxygen atoms in total. The van der Waals surface area contributed by atoms with Crippen LogP contribution in [0.3, 0.4) is 0 Å². The second-order valence-electron chi connectivity index (χ2n) is 8.50. The summed E-state index contributed by atoms with van der Waals surface area (Å²) < 4.78 is 0.